The van der Waals surface area contributed by atoms with E-state index in [1.165, 1.54) is 31.2 Å². The van der Waals surface area contributed by atoms with Gasteiger partial charge in [0, 0.05) is 19.2 Å². The number of ether oxygens (including phenoxy) is 1. The fourth-order valence-electron chi connectivity index (χ4n) is 1.38. The first-order valence-electron chi connectivity index (χ1n) is 5.26. The molecule has 1 aromatic rings. The molecule has 1 amide bonds. The van der Waals surface area contributed by atoms with Gasteiger partial charge in [-0.25, -0.2) is 4.39 Å². The molecule has 5 nitrogen and oxygen atoms in total. The Morgan fingerprint density at radius 1 is 1.44 bits per heavy atom. The number of amides is 1. The molecule has 0 atom stereocenters. The lowest BCUT2D eigenvalue weighted by Gasteiger charge is -2.16. The summed E-state index contributed by atoms with van der Waals surface area (Å²) in [7, 11) is 2.79. The molecular weight excluding hydrogens is 241 g/mol. The highest BCUT2D eigenvalue weighted by Gasteiger charge is 2.15. The van der Waals surface area contributed by atoms with E-state index >= 15 is 0 Å². The van der Waals surface area contributed by atoms with Gasteiger partial charge in [-0.05, 0) is 18.2 Å². The van der Waals surface area contributed by atoms with Gasteiger partial charge in [-0.1, -0.05) is 0 Å². The fourth-order valence-corrected chi connectivity index (χ4v) is 1.38. The Hall–Kier alpha value is -2.11. The Balaban J connectivity index is 2.80. The van der Waals surface area contributed by atoms with Gasteiger partial charge in [0.2, 0.25) is 0 Å². The first-order valence-corrected chi connectivity index (χ1v) is 5.26. The Kier molecular flexibility index (Phi) is 4.65. The Labute approximate surface area is 104 Å². The first kappa shape index (κ1) is 14.0. The van der Waals surface area contributed by atoms with Gasteiger partial charge in [0.25, 0.3) is 5.91 Å². The molecule has 6 heteroatoms. The average molecular weight is 255 g/mol. The molecule has 0 saturated heterocycles. The molecule has 0 spiro atoms. The predicted molar refractivity (Wildman–Crippen MR) is 62.2 cm³/mol. The van der Waals surface area contributed by atoms with E-state index in [-0.39, 0.29) is 30.2 Å². The lowest BCUT2D eigenvalue weighted by atomic mass is 10.2. The highest BCUT2D eigenvalue weighted by Crippen LogP contribution is 2.19. The van der Waals surface area contributed by atoms with Crippen LogP contribution in [-0.4, -0.2) is 42.6 Å². The third-order valence-electron chi connectivity index (χ3n) is 2.41. The van der Waals surface area contributed by atoms with Gasteiger partial charge in [0.15, 0.2) is 11.6 Å². The van der Waals surface area contributed by atoms with Crippen molar-refractivity contribution >= 4 is 11.9 Å². The Morgan fingerprint density at radius 2 is 2.11 bits per heavy atom. The van der Waals surface area contributed by atoms with Gasteiger partial charge in [0.05, 0.1) is 13.5 Å². The highest BCUT2D eigenvalue weighted by molar-refractivity contribution is 5.94. The highest BCUT2D eigenvalue weighted by atomic mass is 19.1. The second kappa shape index (κ2) is 6.00. The number of carboxylic acids is 1. The number of aliphatic carboxylic acids is 1. The first-order chi connectivity index (χ1) is 8.45. The van der Waals surface area contributed by atoms with E-state index in [1.54, 1.807) is 0 Å². The van der Waals surface area contributed by atoms with Crippen LogP contribution >= 0.6 is 0 Å². The fraction of sp³-hybridized carbons (Fsp3) is 0.333. The van der Waals surface area contributed by atoms with E-state index in [1.807, 2.05) is 0 Å². The van der Waals surface area contributed by atoms with Crippen molar-refractivity contribution < 1.29 is 23.8 Å². The number of carbonyl (C=O) groups is 2. The van der Waals surface area contributed by atoms with Crippen molar-refractivity contribution in [1.82, 2.24) is 4.90 Å². The van der Waals surface area contributed by atoms with E-state index < -0.39 is 11.8 Å². The third-order valence-corrected chi connectivity index (χ3v) is 2.41. The second-order valence-electron chi connectivity index (χ2n) is 3.72. The smallest absolute Gasteiger partial charge is 0.305 e. The van der Waals surface area contributed by atoms with Crippen LogP contribution in [0.5, 0.6) is 5.75 Å². The molecule has 1 rings (SSSR count). The molecular formula is C12H14FNO4. The number of hydrogen-bond donors (Lipinski definition) is 1. The van der Waals surface area contributed by atoms with Gasteiger partial charge in [-0.15, -0.1) is 0 Å². The van der Waals surface area contributed by atoms with E-state index in [4.69, 9.17) is 9.84 Å². The van der Waals surface area contributed by atoms with E-state index in [0.29, 0.717) is 0 Å². The summed E-state index contributed by atoms with van der Waals surface area (Å²) in [5.41, 5.74) is 0.251. The number of carboxylic acid groups (broad SMARTS) is 1. The molecule has 0 aliphatic carbocycles. The molecule has 0 fully saturated rings. The van der Waals surface area contributed by atoms with Crippen molar-refractivity contribution in [1.29, 1.82) is 0 Å². The lowest BCUT2D eigenvalue weighted by molar-refractivity contribution is -0.137. The zero-order valence-electron chi connectivity index (χ0n) is 10.1. The molecule has 0 heterocycles. The van der Waals surface area contributed by atoms with Crippen LogP contribution in [0.15, 0.2) is 18.2 Å². The number of halogens is 1. The topological polar surface area (TPSA) is 66.8 Å². The molecule has 0 bridgehead atoms. The van der Waals surface area contributed by atoms with Crippen LogP contribution in [0.25, 0.3) is 0 Å². The standard InChI is InChI=1S/C12H14FNO4/c1-14(6-5-11(15)16)12(17)8-3-4-9(13)10(7-8)18-2/h3-4,7H,5-6H2,1-2H3,(H,15,16). The summed E-state index contributed by atoms with van der Waals surface area (Å²) >= 11 is 0. The minimum Gasteiger partial charge on any atom is -0.494 e. The maximum atomic E-state index is 13.2. The van der Waals surface area contributed by atoms with Gasteiger partial charge >= 0.3 is 5.97 Å². The monoisotopic (exact) mass is 255 g/mol. The average Bonchev–Trinajstić information content (AvgIpc) is 2.35. The van der Waals surface area contributed by atoms with Crippen LogP contribution in [0, 0.1) is 5.82 Å². The number of hydrogen-bond acceptors (Lipinski definition) is 3. The molecule has 0 radical (unpaired) electrons. The normalized spacial score (nSPS) is 9.94. The van der Waals surface area contributed by atoms with E-state index in [0.717, 1.165) is 6.07 Å². The SMILES string of the molecule is COc1cc(C(=O)N(C)CCC(=O)O)ccc1F. The van der Waals surface area contributed by atoms with Crippen molar-refractivity contribution in [2.75, 3.05) is 20.7 Å². The van der Waals surface area contributed by atoms with E-state index in [2.05, 4.69) is 0 Å². The molecule has 18 heavy (non-hydrogen) atoms. The summed E-state index contributed by atoms with van der Waals surface area (Å²) in [4.78, 5) is 23.6. The van der Waals surface area contributed by atoms with Crippen molar-refractivity contribution in [3.05, 3.63) is 29.6 Å². The van der Waals surface area contributed by atoms with Crippen molar-refractivity contribution in [2.24, 2.45) is 0 Å². The molecule has 0 unspecified atom stereocenters. The zero-order valence-corrected chi connectivity index (χ0v) is 10.1. The number of nitrogens with zero attached hydrogens (tertiary/aromatic N) is 1. The summed E-state index contributed by atoms with van der Waals surface area (Å²) in [6.45, 7) is 0.0911. The largest absolute Gasteiger partial charge is 0.494 e. The zero-order chi connectivity index (χ0) is 13.7. The number of benzene rings is 1. The lowest BCUT2D eigenvalue weighted by Crippen LogP contribution is -2.29. The molecule has 1 N–H and O–H groups in total. The molecule has 98 valence electrons. The van der Waals surface area contributed by atoms with Crippen molar-refractivity contribution in [3.8, 4) is 5.75 Å². The van der Waals surface area contributed by atoms with Gasteiger partial charge < -0.3 is 14.7 Å². The van der Waals surface area contributed by atoms with E-state index in [9.17, 15) is 14.0 Å². The molecule has 0 aromatic heterocycles. The quantitative estimate of drug-likeness (QED) is 0.863. The Bertz CT molecular complexity index is 461. The van der Waals surface area contributed by atoms with Crippen LogP contribution < -0.4 is 4.74 Å². The van der Waals surface area contributed by atoms with Crippen LogP contribution in [-0.2, 0) is 4.79 Å². The van der Waals surface area contributed by atoms with Crippen LogP contribution in [0.2, 0.25) is 0 Å². The van der Waals surface area contributed by atoms with Crippen LogP contribution in [0.4, 0.5) is 4.39 Å². The maximum Gasteiger partial charge on any atom is 0.305 e. The third kappa shape index (κ3) is 3.44. The maximum absolute atomic E-state index is 13.2. The minimum absolute atomic E-state index is 0.0208. The van der Waals surface area contributed by atoms with Crippen molar-refractivity contribution in [2.45, 2.75) is 6.42 Å². The number of rotatable bonds is 5. The summed E-state index contributed by atoms with van der Waals surface area (Å²) in [6.07, 6.45) is -0.138. The second-order valence-corrected chi connectivity index (χ2v) is 3.72. The number of carbonyl (C=O) groups excluding carboxylic acids is 1. The van der Waals surface area contributed by atoms with Crippen LogP contribution in [0.1, 0.15) is 16.8 Å². The summed E-state index contributed by atoms with van der Waals surface area (Å²) in [6, 6.07) is 3.75. The summed E-state index contributed by atoms with van der Waals surface area (Å²) < 4.78 is 17.9. The molecule has 0 aliphatic heterocycles. The number of methoxy groups -OCH3 is 1. The summed E-state index contributed by atoms with van der Waals surface area (Å²) in [5, 5.41) is 8.53. The van der Waals surface area contributed by atoms with Crippen molar-refractivity contribution in [3.63, 3.8) is 0 Å². The molecule has 0 aliphatic rings. The van der Waals surface area contributed by atoms with Gasteiger partial charge in [0.1, 0.15) is 0 Å². The summed E-state index contributed by atoms with van der Waals surface area (Å²) in [5.74, 6) is -1.93. The van der Waals surface area contributed by atoms with Gasteiger partial charge in [-0.2, -0.15) is 0 Å². The molecule has 1 aromatic carbocycles. The minimum atomic E-state index is -0.980. The van der Waals surface area contributed by atoms with Gasteiger partial charge in [-0.3, -0.25) is 9.59 Å². The molecule has 0 saturated carbocycles. The predicted octanol–water partition coefficient (Wildman–Crippen LogP) is 1.38. The van der Waals surface area contributed by atoms with Crippen LogP contribution in [0.3, 0.4) is 0 Å². The Morgan fingerprint density at radius 3 is 2.67 bits per heavy atom.